The summed E-state index contributed by atoms with van der Waals surface area (Å²) in [5.74, 6) is -0.899. The Kier molecular flexibility index (Phi) is 4.52. The van der Waals surface area contributed by atoms with Gasteiger partial charge in [0.2, 0.25) is 5.78 Å². The molecule has 1 aliphatic rings. The first kappa shape index (κ1) is 16.7. The summed E-state index contributed by atoms with van der Waals surface area (Å²) in [5, 5.41) is 5.40. The van der Waals surface area contributed by atoms with Crippen molar-refractivity contribution < 1.29 is 19.1 Å². The van der Waals surface area contributed by atoms with E-state index in [2.05, 4.69) is 10.6 Å². The van der Waals surface area contributed by atoms with Gasteiger partial charge < -0.3 is 15.4 Å². The van der Waals surface area contributed by atoms with E-state index in [0.717, 1.165) is 11.1 Å². The molecule has 1 atom stereocenters. The maximum atomic E-state index is 12.2. The zero-order valence-electron chi connectivity index (χ0n) is 14.0. The van der Waals surface area contributed by atoms with Gasteiger partial charge in [-0.1, -0.05) is 35.9 Å². The highest BCUT2D eigenvalue weighted by Crippen LogP contribution is 2.30. The van der Waals surface area contributed by atoms with Crippen LogP contribution < -0.4 is 15.4 Å². The highest BCUT2D eigenvalue weighted by atomic mass is 16.5. The third kappa shape index (κ3) is 3.68. The molecule has 1 unspecified atom stereocenters. The highest BCUT2D eigenvalue weighted by molar-refractivity contribution is 6.42. The zero-order chi connectivity index (χ0) is 18.0. The van der Waals surface area contributed by atoms with E-state index in [4.69, 9.17) is 4.74 Å². The van der Waals surface area contributed by atoms with Crippen LogP contribution in [0.1, 0.15) is 34.5 Å². The molecule has 0 saturated carbocycles. The summed E-state index contributed by atoms with van der Waals surface area (Å²) in [5.41, 5.74) is 2.68. The van der Waals surface area contributed by atoms with E-state index in [1.54, 1.807) is 49.4 Å². The fraction of sp³-hybridized carbons (Fsp3) is 0.211. The number of benzene rings is 2. The Balaban J connectivity index is 1.71. The Labute approximate surface area is 145 Å². The Morgan fingerprint density at radius 3 is 2.60 bits per heavy atom. The number of ketones is 1. The summed E-state index contributed by atoms with van der Waals surface area (Å²) in [6, 6.07) is 11.7. The molecule has 0 bridgehead atoms. The van der Waals surface area contributed by atoms with Gasteiger partial charge in [0, 0.05) is 5.56 Å². The molecule has 2 N–H and O–H groups in total. The lowest BCUT2D eigenvalue weighted by Gasteiger charge is -2.20. The molecular weight excluding hydrogens is 320 g/mol. The summed E-state index contributed by atoms with van der Waals surface area (Å²) >= 11 is 0. The highest BCUT2D eigenvalue weighted by Gasteiger charge is 2.21. The lowest BCUT2D eigenvalue weighted by Crippen LogP contribution is -2.33. The van der Waals surface area contributed by atoms with E-state index < -0.39 is 17.7 Å². The first-order chi connectivity index (χ1) is 11.9. The fourth-order valence-corrected chi connectivity index (χ4v) is 2.55. The number of nitrogens with one attached hydrogen (secondary N) is 2. The van der Waals surface area contributed by atoms with Gasteiger partial charge in [-0.2, -0.15) is 0 Å². The molecule has 1 heterocycles. The number of amides is 2. The molecule has 25 heavy (non-hydrogen) atoms. The topological polar surface area (TPSA) is 84.5 Å². The van der Waals surface area contributed by atoms with Gasteiger partial charge in [0.1, 0.15) is 5.75 Å². The zero-order valence-corrected chi connectivity index (χ0v) is 14.0. The van der Waals surface area contributed by atoms with Gasteiger partial charge in [0.05, 0.1) is 11.7 Å². The van der Waals surface area contributed by atoms with Gasteiger partial charge in [-0.15, -0.1) is 0 Å². The Hall–Kier alpha value is -3.15. The molecule has 2 aromatic rings. The van der Waals surface area contributed by atoms with E-state index in [-0.39, 0.29) is 12.5 Å². The largest absolute Gasteiger partial charge is 0.482 e. The van der Waals surface area contributed by atoms with E-state index in [1.807, 2.05) is 6.92 Å². The van der Waals surface area contributed by atoms with Crippen LogP contribution in [0.4, 0.5) is 5.69 Å². The van der Waals surface area contributed by atoms with Gasteiger partial charge in [-0.05, 0) is 31.5 Å². The Morgan fingerprint density at radius 2 is 1.88 bits per heavy atom. The number of ether oxygens (including phenoxy) is 1. The number of rotatable bonds is 4. The average Bonchev–Trinajstić information content (AvgIpc) is 2.61. The van der Waals surface area contributed by atoms with Gasteiger partial charge >= 0.3 is 0 Å². The molecule has 2 aromatic carbocycles. The van der Waals surface area contributed by atoms with Crippen molar-refractivity contribution in [1.82, 2.24) is 5.32 Å². The number of anilines is 1. The second kappa shape index (κ2) is 6.76. The number of Topliss-reactive ketones (excluding diaryl/α,β-unsaturated/α-hetero) is 1. The third-order valence-electron chi connectivity index (χ3n) is 4.00. The first-order valence-corrected chi connectivity index (χ1v) is 7.92. The van der Waals surface area contributed by atoms with Crippen LogP contribution in [0.25, 0.3) is 0 Å². The average molecular weight is 338 g/mol. The number of hydrogen-bond donors (Lipinski definition) is 2. The number of aryl methyl sites for hydroxylation is 1. The predicted molar refractivity (Wildman–Crippen MR) is 92.6 cm³/mol. The van der Waals surface area contributed by atoms with Crippen LogP contribution in [0.15, 0.2) is 42.5 Å². The van der Waals surface area contributed by atoms with Crippen LogP contribution >= 0.6 is 0 Å². The smallest absolute Gasteiger partial charge is 0.292 e. The van der Waals surface area contributed by atoms with Crippen molar-refractivity contribution in [2.24, 2.45) is 0 Å². The van der Waals surface area contributed by atoms with Crippen molar-refractivity contribution in [3.8, 4) is 5.75 Å². The molecule has 0 spiro atoms. The molecule has 0 radical (unpaired) electrons. The summed E-state index contributed by atoms with van der Waals surface area (Å²) in [6.45, 7) is 3.67. The summed E-state index contributed by atoms with van der Waals surface area (Å²) in [4.78, 5) is 35.8. The van der Waals surface area contributed by atoms with Crippen LogP contribution in [-0.4, -0.2) is 24.2 Å². The molecule has 128 valence electrons. The summed E-state index contributed by atoms with van der Waals surface area (Å²) in [6.07, 6.45) is 0. The van der Waals surface area contributed by atoms with Gasteiger partial charge in [0.15, 0.2) is 6.61 Å². The van der Waals surface area contributed by atoms with E-state index in [1.165, 1.54) is 0 Å². The SMILES string of the molecule is Cc1ccc(C(=O)C(=O)NC(C)c2ccc3c(c2)NC(=O)CO3)cc1. The molecule has 0 fully saturated rings. The number of fused-ring (bicyclic) bond motifs is 1. The third-order valence-corrected chi connectivity index (χ3v) is 4.00. The molecule has 3 rings (SSSR count). The maximum absolute atomic E-state index is 12.2. The summed E-state index contributed by atoms with van der Waals surface area (Å²) in [7, 11) is 0. The van der Waals surface area contributed by atoms with Crippen molar-refractivity contribution in [1.29, 1.82) is 0 Å². The second-order valence-corrected chi connectivity index (χ2v) is 5.98. The molecule has 0 aromatic heterocycles. The van der Waals surface area contributed by atoms with Crippen molar-refractivity contribution in [2.75, 3.05) is 11.9 Å². The quantitative estimate of drug-likeness (QED) is 0.662. The minimum atomic E-state index is -0.672. The van der Waals surface area contributed by atoms with E-state index in [0.29, 0.717) is 17.0 Å². The van der Waals surface area contributed by atoms with Crippen molar-refractivity contribution in [2.45, 2.75) is 19.9 Å². The number of carbonyl (C=O) groups is 3. The monoisotopic (exact) mass is 338 g/mol. The van der Waals surface area contributed by atoms with Crippen LogP contribution in [0.2, 0.25) is 0 Å². The predicted octanol–water partition coefficient (Wildman–Crippen LogP) is 2.39. The van der Waals surface area contributed by atoms with Crippen LogP contribution in [0.3, 0.4) is 0 Å². The minimum absolute atomic E-state index is 0.0102. The van der Waals surface area contributed by atoms with E-state index in [9.17, 15) is 14.4 Å². The van der Waals surface area contributed by atoms with Gasteiger partial charge in [0.25, 0.3) is 11.8 Å². The molecule has 2 amide bonds. The van der Waals surface area contributed by atoms with E-state index >= 15 is 0 Å². The van der Waals surface area contributed by atoms with Crippen molar-refractivity contribution in [3.05, 3.63) is 59.2 Å². The second-order valence-electron chi connectivity index (χ2n) is 5.98. The van der Waals surface area contributed by atoms with Crippen LogP contribution in [0, 0.1) is 6.92 Å². The Bertz CT molecular complexity index is 843. The molecular formula is C19H18N2O4. The van der Waals surface area contributed by atoms with Gasteiger partial charge in [-0.3, -0.25) is 14.4 Å². The molecule has 0 aliphatic carbocycles. The molecule has 1 aliphatic heterocycles. The number of carbonyl (C=O) groups excluding carboxylic acids is 3. The first-order valence-electron chi connectivity index (χ1n) is 7.92. The molecule has 6 nitrogen and oxygen atoms in total. The summed E-state index contributed by atoms with van der Waals surface area (Å²) < 4.78 is 5.30. The molecule has 0 saturated heterocycles. The standard InChI is InChI=1S/C19H18N2O4/c1-11-3-5-13(6-4-11)18(23)19(24)20-12(2)14-7-8-16-15(9-14)21-17(22)10-25-16/h3-9,12H,10H2,1-2H3,(H,20,24)(H,21,22). The van der Waals surface area contributed by atoms with Crippen LogP contribution in [0.5, 0.6) is 5.75 Å². The molecule has 6 heteroatoms. The normalized spacial score (nSPS) is 13.9. The van der Waals surface area contributed by atoms with Crippen LogP contribution in [-0.2, 0) is 9.59 Å². The number of hydrogen-bond acceptors (Lipinski definition) is 4. The van der Waals surface area contributed by atoms with Crippen molar-refractivity contribution in [3.63, 3.8) is 0 Å². The van der Waals surface area contributed by atoms with Gasteiger partial charge in [-0.25, -0.2) is 0 Å². The maximum Gasteiger partial charge on any atom is 0.292 e. The minimum Gasteiger partial charge on any atom is -0.482 e. The van der Waals surface area contributed by atoms with Crippen molar-refractivity contribution >= 4 is 23.3 Å². The lowest BCUT2D eigenvalue weighted by atomic mass is 10.0. The Morgan fingerprint density at radius 1 is 1.16 bits per heavy atom. The fourth-order valence-electron chi connectivity index (χ4n) is 2.55. The lowest BCUT2D eigenvalue weighted by molar-refractivity contribution is -0.119.